The van der Waals surface area contributed by atoms with E-state index in [1.807, 2.05) is 0 Å². The van der Waals surface area contributed by atoms with Gasteiger partial charge in [-0.3, -0.25) is 4.90 Å². The van der Waals surface area contributed by atoms with E-state index in [4.69, 9.17) is 0 Å². The van der Waals surface area contributed by atoms with Gasteiger partial charge in [0.15, 0.2) is 0 Å². The summed E-state index contributed by atoms with van der Waals surface area (Å²) >= 11 is 0. The molecule has 1 saturated heterocycles. The zero-order chi connectivity index (χ0) is 13.8. The molecule has 0 aromatic carbocycles. The van der Waals surface area contributed by atoms with Crippen molar-refractivity contribution in [2.24, 2.45) is 11.8 Å². The Kier molecular flexibility index (Phi) is 5.70. The molecule has 1 N–H and O–H groups in total. The molecule has 112 valence electrons. The lowest BCUT2D eigenvalue weighted by molar-refractivity contribution is 0.0100. The highest BCUT2D eigenvalue weighted by atomic mass is 15.2. The van der Waals surface area contributed by atoms with Crippen LogP contribution in [-0.2, 0) is 0 Å². The maximum absolute atomic E-state index is 3.63. The first-order chi connectivity index (χ1) is 9.17. The third kappa shape index (κ3) is 3.52. The van der Waals surface area contributed by atoms with Gasteiger partial charge >= 0.3 is 0 Å². The van der Waals surface area contributed by atoms with Gasteiger partial charge in [0.1, 0.15) is 0 Å². The molecule has 2 rings (SSSR count). The van der Waals surface area contributed by atoms with Crippen molar-refractivity contribution >= 4 is 0 Å². The summed E-state index contributed by atoms with van der Waals surface area (Å²) in [6, 6.07) is 2.34. The van der Waals surface area contributed by atoms with Crippen LogP contribution in [0.4, 0.5) is 0 Å². The lowest BCUT2D eigenvalue weighted by Gasteiger charge is -2.50. The van der Waals surface area contributed by atoms with Gasteiger partial charge in [0, 0.05) is 18.1 Å². The topological polar surface area (TPSA) is 15.3 Å². The van der Waals surface area contributed by atoms with E-state index in [2.05, 4.69) is 38.0 Å². The number of hydrogen-bond acceptors (Lipinski definition) is 2. The van der Waals surface area contributed by atoms with E-state index >= 15 is 0 Å². The van der Waals surface area contributed by atoms with Crippen molar-refractivity contribution in [1.29, 1.82) is 0 Å². The van der Waals surface area contributed by atoms with Crippen LogP contribution in [0.25, 0.3) is 0 Å². The summed E-state index contributed by atoms with van der Waals surface area (Å²) < 4.78 is 0. The van der Waals surface area contributed by atoms with E-state index in [9.17, 15) is 0 Å². The molecule has 19 heavy (non-hydrogen) atoms. The van der Waals surface area contributed by atoms with Crippen molar-refractivity contribution in [3.8, 4) is 0 Å². The van der Waals surface area contributed by atoms with Crippen molar-refractivity contribution in [3.63, 3.8) is 0 Å². The second-order valence-electron chi connectivity index (χ2n) is 7.12. The van der Waals surface area contributed by atoms with E-state index in [0.29, 0.717) is 6.04 Å². The average molecular weight is 266 g/mol. The monoisotopic (exact) mass is 266 g/mol. The molecular weight excluding hydrogens is 232 g/mol. The first-order valence-corrected chi connectivity index (χ1v) is 8.60. The van der Waals surface area contributed by atoms with Crippen LogP contribution in [0.5, 0.6) is 0 Å². The Bertz CT molecular complexity index is 264. The molecule has 0 spiro atoms. The van der Waals surface area contributed by atoms with Crippen LogP contribution in [-0.4, -0.2) is 36.6 Å². The quantitative estimate of drug-likeness (QED) is 0.835. The van der Waals surface area contributed by atoms with Gasteiger partial charge in [0.25, 0.3) is 0 Å². The number of nitrogens with zero attached hydrogens (tertiary/aromatic N) is 1. The predicted molar refractivity (Wildman–Crippen MR) is 83.5 cm³/mol. The van der Waals surface area contributed by atoms with Crippen LogP contribution < -0.4 is 5.32 Å². The SMILES string of the molecule is CCCC1CCCCN1C1C(C)CC(C)CC1NC. The minimum Gasteiger partial charge on any atom is -0.315 e. The van der Waals surface area contributed by atoms with Crippen LogP contribution in [0, 0.1) is 11.8 Å². The molecule has 2 aliphatic rings. The summed E-state index contributed by atoms with van der Waals surface area (Å²) in [7, 11) is 2.17. The molecule has 0 radical (unpaired) electrons. The third-order valence-corrected chi connectivity index (χ3v) is 5.47. The summed E-state index contributed by atoms with van der Waals surface area (Å²) in [4.78, 5) is 2.89. The molecule has 1 saturated carbocycles. The lowest BCUT2D eigenvalue weighted by Crippen LogP contribution is -2.59. The van der Waals surface area contributed by atoms with Gasteiger partial charge in [-0.25, -0.2) is 0 Å². The molecule has 5 atom stereocenters. The standard InChI is InChI=1S/C17H34N2/c1-5-8-15-9-6-7-10-19(15)17-14(3)11-13(2)12-16(17)18-4/h13-18H,5-12H2,1-4H3. The first kappa shape index (κ1) is 15.3. The number of rotatable bonds is 4. The van der Waals surface area contributed by atoms with Gasteiger partial charge < -0.3 is 5.32 Å². The highest BCUT2D eigenvalue weighted by Gasteiger charge is 2.39. The van der Waals surface area contributed by atoms with E-state index < -0.39 is 0 Å². The van der Waals surface area contributed by atoms with Crippen LogP contribution in [0.15, 0.2) is 0 Å². The van der Waals surface area contributed by atoms with E-state index in [1.54, 1.807) is 0 Å². The Morgan fingerprint density at radius 3 is 2.63 bits per heavy atom. The number of likely N-dealkylation sites (tertiary alicyclic amines) is 1. The third-order valence-electron chi connectivity index (χ3n) is 5.47. The molecule has 2 nitrogen and oxygen atoms in total. The Balaban J connectivity index is 2.10. The fraction of sp³-hybridized carbons (Fsp3) is 1.00. The van der Waals surface area contributed by atoms with Crippen molar-refractivity contribution in [3.05, 3.63) is 0 Å². The van der Waals surface area contributed by atoms with Crippen molar-refractivity contribution in [2.75, 3.05) is 13.6 Å². The molecule has 1 heterocycles. The van der Waals surface area contributed by atoms with Gasteiger partial charge in [-0.05, 0) is 57.5 Å². The molecular formula is C17H34N2. The van der Waals surface area contributed by atoms with Crippen LogP contribution >= 0.6 is 0 Å². The van der Waals surface area contributed by atoms with Gasteiger partial charge in [-0.1, -0.05) is 33.6 Å². The summed E-state index contributed by atoms with van der Waals surface area (Å²) in [5.74, 6) is 1.73. The zero-order valence-corrected chi connectivity index (χ0v) is 13.5. The van der Waals surface area contributed by atoms with Crippen molar-refractivity contribution in [1.82, 2.24) is 10.2 Å². The Labute approximate surface area is 120 Å². The summed E-state index contributed by atoms with van der Waals surface area (Å²) in [5, 5.41) is 3.63. The van der Waals surface area contributed by atoms with E-state index in [-0.39, 0.29) is 0 Å². The normalized spacial score (nSPS) is 41.4. The molecule has 2 heteroatoms. The Hall–Kier alpha value is -0.0800. The van der Waals surface area contributed by atoms with Gasteiger partial charge in [0.05, 0.1) is 0 Å². The van der Waals surface area contributed by atoms with Crippen LogP contribution in [0.1, 0.15) is 65.7 Å². The summed E-state index contributed by atoms with van der Waals surface area (Å²) in [6.45, 7) is 8.60. The van der Waals surface area contributed by atoms with Crippen molar-refractivity contribution in [2.45, 2.75) is 83.8 Å². The van der Waals surface area contributed by atoms with E-state index in [0.717, 1.165) is 23.9 Å². The number of nitrogens with one attached hydrogen (secondary N) is 1. The molecule has 0 aromatic rings. The minimum atomic E-state index is 0.705. The maximum Gasteiger partial charge on any atom is 0.0277 e. The minimum absolute atomic E-state index is 0.705. The summed E-state index contributed by atoms with van der Waals surface area (Å²) in [6.07, 6.45) is 9.80. The van der Waals surface area contributed by atoms with Crippen LogP contribution in [0.2, 0.25) is 0 Å². The van der Waals surface area contributed by atoms with Crippen LogP contribution in [0.3, 0.4) is 0 Å². The number of likely N-dealkylation sites (N-methyl/N-ethyl adjacent to an activating group) is 1. The molecule has 5 unspecified atom stereocenters. The Morgan fingerprint density at radius 2 is 1.95 bits per heavy atom. The molecule has 2 fully saturated rings. The predicted octanol–water partition coefficient (Wildman–Crippen LogP) is 3.66. The molecule has 0 amide bonds. The first-order valence-electron chi connectivity index (χ1n) is 8.60. The zero-order valence-electron chi connectivity index (χ0n) is 13.5. The average Bonchev–Trinajstić information content (AvgIpc) is 2.39. The van der Waals surface area contributed by atoms with Gasteiger partial charge in [0.2, 0.25) is 0 Å². The number of hydrogen-bond donors (Lipinski definition) is 1. The Morgan fingerprint density at radius 1 is 1.16 bits per heavy atom. The smallest absolute Gasteiger partial charge is 0.0277 e. The lowest BCUT2D eigenvalue weighted by atomic mass is 9.74. The second kappa shape index (κ2) is 7.08. The van der Waals surface area contributed by atoms with Crippen molar-refractivity contribution < 1.29 is 0 Å². The van der Waals surface area contributed by atoms with E-state index in [1.165, 1.54) is 51.5 Å². The molecule has 0 bridgehead atoms. The molecule has 0 aromatic heterocycles. The van der Waals surface area contributed by atoms with Gasteiger partial charge in [-0.15, -0.1) is 0 Å². The molecule has 1 aliphatic heterocycles. The number of piperidine rings is 1. The maximum atomic E-state index is 3.63. The van der Waals surface area contributed by atoms with Gasteiger partial charge in [-0.2, -0.15) is 0 Å². The highest BCUT2D eigenvalue weighted by molar-refractivity contribution is 4.96. The molecule has 1 aliphatic carbocycles. The fourth-order valence-corrected chi connectivity index (χ4v) is 4.75. The largest absolute Gasteiger partial charge is 0.315 e. The highest BCUT2D eigenvalue weighted by Crippen LogP contribution is 2.36. The summed E-state index contributed by atoms with van der Waals surface area (Å²) in [5.41, 5.74) is 0. The second-order valence-corrected chi connectivity index (χ2v) is 7.12. The fourth-order valence-electron chi connectivity index (χ4n) is 4.75.